The minimum Gasteiger partial charge on any atom is -0.482 e. The summed E-state index contributed by atoms with van der Waals surface area (Å²) >= 11 is 1.08. The zero-order valence-electron chi connectivity index (χ0n) is 18.5. The van der Waals surface area contributed by atoms with E-state index >= 15 is 0 Å². The number of thioether (sulfide) groups is 1. The number of hydrogen-bond acceptors (Lipinski definition) is 6. The lowest BCUT2D eigenvalue weighted by Gasteiger charge is -2.33. The molecular weight excluding hydrogens is 498 g/mol. The van der Waals surface area contributed by atoms with Crippen molar-refractivity contribution < 1.29 is 35.9 Å². The summed E-state index contributed by atoms with van der Waals surface area (Å²) in [4.78, 5) is 20.9. The molecule has 0 spiro atoms. The van der Waals surface area contributed by atoms with E-state index in [9.17, 15) is 31.1 Å². The molecular formula is C22H20F6N4O2S. The van der Waals surface area contributed by atoms with Crippen LogP contribution in [0.5, 0.6) is 5.75 Å². The zero-order valence-corrected chi connectivity index (χ0v) is 19.3. The number of aromatic nitrogens is 1. The predicted molar refractivity (Wildman–Crippen MR) is 118 cm³/mol. The van der Waals surface area contributed by atoms with Gasteiger partial charge in [-0.25, -0.2) is 18.2 Å². The van der Waals surface area contributed by atoms with Crippen molar-refractivity contribution in [3.63, 3.8) is 0 Å². The van der Waals surface area contributed by atoms with E-state index in [0.29, 0.717) is 6.42 Å². The second-order valence-corrected chi connectivity index (χ2v) is 10.1. The van der Waals surface area contributed by atoms with E-state index in [1.165, 1.54) is 26.0 Å². The summed E-state index contributed by atoms with van der Waals surface area (Å²) in [6.45, 7) is 0.742. The number of amidine groups is 1. The van der Waals surface area contributed by atoms with Crippen LogP contribution in [0.2, 0.25) is 0 Å². The quantitative estimate of drug-likeness (QED) is 0.533. The van der Waals surface area contributed by atoms with Crippen LogP contribution in [0.25, 0.3) is 0 Å². The third-order valence-corrected chi connectivity index (χ3v) is 7.35. The van der Waals surface area contributed by atoms with Gasteiger partial charge >= 0.3 is 6.18 Å². The number of carbonyl (C=O) groups is 1. The van der Waals surface area contributed by atoms with Crippen LogP contribution in [0.3, 0.4) is 0 Å². The molecule has 3 atom stereocenters. The highest BCUT2D eigenvalue weighted by atomic mass is 32.2. The molecule has 1 fully saturated rings. The van der Waals surface area contributed by atoms with Gasteiger partial charge in [0, 0.05) is 23.2 Å². The van der Waals surface area contributed by atoms with Gasteiger partial charge in [-0.3, -0.25) is 9.79 Å². The fourth-order valence-electron chi connectivity index (χ4n) is 4.32. The third-order valence-electron chi connectivity index (χ3n) is 6.08. The highest BCUT2D eigenvalue weighted by molar-refractivity contribution is 8.15. The Labute approximate surface area is 200 Å². The summed E-state index contributed by atoms with van der Waals surface area (Å²) in [5.41, 5.74) is 4.26. The predicted octanol–water partition coefficient (Wildman–Crippen LogP) is 4.87. The molecule has 1 aliphatic carbocycles. The number of ether oxygens (including phenoxy) is 1. The number of nitrogens with zero attached hydrogens (tertiary/aromatic N) is 2. The van der Waals surface area contributed by atoms with Gasteiger partial charge in [-0.1, -0.05) is 11.8 Å². The van der Waals surface area contributed by atoms with Crippen LogP contribution in [0, 0.1) is 24.5 Å². The number of benzene rings is 1. The number of rotatable bonds is 6. The first-order chi connectivity index (χ1) is 16.3. The average Bonchev–Trinajstić information content (AvgIpc) is 3.50. The molecule has 3 N–H and O–H groups in total. The zero-order chi connectivity index (χ0) is 25.8. The lowest BCUT2D eigenvalue weighted by atomic mass is 9.85. The second-order valence-electron chi connectivity index (χ2n) is 8.67. The van der Waals surface area contributed by atoms with Crippen LogP contribution in [-0.2, 0) is 5.54 Å². The molecule has 0 saturated heterocycles. The maximum absolute atomic E-state index is 14.9. The number of halogens is 6. The van der Waals surface area contributed by atoms with E-state index in [4.69, 9.17) is 5.73 Å². The van der Waals surface area contributed by atoms with Crippen molar-refractivity contribution in [2.45, 2.75) is 36.7 Å². The Hall–Kier alpha value is -2.96. The van der Waals surface area contributed by atoms with E-state index in [2.05, 4.69) is 20.0 Å². The molecule has 1 aromatic heterocycles. The molecule has 1 aromatic carbocycles. The summed E-state index contributed by atoms with van der Waals surface area (Å²) in [6.07, 6.45) is -3.22. The fraction of sp³-hybridized carbons (Fsp3) is 0.409. The summed E-state index contributed by atoms with van der Waals surface area (Å²) in [5.74, 6) is -3.86. The van der Waals surface area contributed by atoms with Crippen LogP contribution in [0.15, 0.2) is 29.4 Å². The molecule has 0 bridgehead atoms. The Morgan fingerprint density at radius 1 is 1.31 bits per heavy atom. The summed E-state index contributed by atoms with van der Waals surface area (Å²) in [6, 6.07) is 3.18. The number of hydrogen-bond donors (Lipinski definition) is 2. The lowest BCUT2D eigenvalue weighted by molar-refractivity contribution is -0.153. The Morgan fingerprint density at radius 3 is 2.66 bits per heavy atom. The monoisotopic (exact) mass is 518 g/mol. The first kappa shape index (κ1) is 25.1. The average molecular weight is 518 g/mol. The summed E-state index contributed by atoms with van der Waals surface area (Å²) in [5, 5.41) is 2.47. The standard InChI is InChI=1S/C22H20F6N4O2S/c1-10-3-12(34-9-22(26,27)28)7-30-17(10)18(33)31-11-4-13(16(25)14(24)5-11)20(2)15-6-21(15,8-23)35-19(29)32-20/h3-5,7,15H,6,8-9H2,1-2H3,(H2,29,32)(H,31,33)/t15-,20-,21+/m0/s1. The summed E-state index contributed by atoms with van der Waals surface area (Å²) in [7, 11) is 0. The topological polar surface area (TPSA) is 89.6 Å². The maximum Gasteiger partial charge on any atom is 0.422 e. The third kappa shape index (κ3) is 4.78. The maximum atomic E-state index is 14.9. The SMILES string of the molecule is Cc1cc(OCC(F)(F)F)cnc1C(=O)Nc1cc(F)c(F)c([C@]2(C)N=C(N)S[C@@]3(CF)C[C@H]32)c1. The molecule has 1 amide bonds. The number of carbonyl (C=O) groups excluding carboxylic acids is 1. The van der Waals surface area contributed by atoms with Gasteiger partial charge in [0.25, 0.3) is 5.91 Å². The lowest BCUT2D eigenvalue weighted by Crippen LogP contribution is -2.37. The van der Waals surface area contributed by atoms with Gasteiger partial charge in [0.2, 0.25) is 0 Å². The van der Waals surface area contributed by atoms with Crippen molar-refractivity contribution in [2.24, 2.45) is 16.6 Å². The Kier molecular flexibility index (Phi) is 6.18. The highest BCUT2D eigenvalue weighted by Gasteiger charge is 2.66. The van der Waals surface area contributed by atoms with Crippen LogP contribution in [0.4, 0.5) is 32.0 Å². The van der Waals surface area contributed by atoms with E-state index in [1.54, 1.807) is 0 Å². The van der Waals surface area contributed by atoms with Crippen LogP contribution < -0.4 is 15.8 Å². The van der Waals surface area contributed by atoms with Gasteiger partial charge in [-0.2, -0.15) is 13.2 Å². The fourth-order valence-corrected chi connectivity index (χ4v) is 5.65. The molecule has 188 valence electrons. The van der Waals surface area contributed by atoms with Crippen LogP contribution in [0.1, 0.15) is 35.0 Å². The van der Waals surface area contributed by atoms with Crippen molar-refractivity contribution in [3.8, 4) is 5.75 Å². The molecule has 2 heterocycles. The Balaban J connectivity index is 1.60. The van der Waals surface area contributed by atoms with E-state index in [-0.39, 0.29) is 33.4 Å². The highest BCUT2D eigenvalue weighted by Crippen LogP contribution is 2.66. The van der Waals surface area contributed by atoms with Gasteiger partial charge in [-0.05, 0) is 38.0 Å². The number of pyridine rings is 1. The van der Waals surface area contributed by atoms with Crippen molar-refractivity contribution in [1.82, 2.24) is 4.98 Å². The molecule has 4 rings (SSSR count). The summed E-state index contributed by atoms with van der Waals surface area (Å²) < 4.78 is 83.9. The number of amides is 1. The molecule has 1 aliphatic heterocycles. The van der Waals surface area contributed by atoms with Crippen molar-refractivity contribution in [2.75, 3.05) is 18.6 Å². The van der Waals surface area contributed by atoms with E-state index < -0.39 is 53.2 Å². The molecule has 2 aliphatic rings. The van der Waals surface area contributed by atoms with Crippen molar-refractivity contribution >= 4 is 28.5 Å². The number of aliphatic imine (C=N–C) groups is 1. The first-order valence-electron chi connectivity index (χ1n) is 10.4. The second kappa shape index (κ2) is 8.61. The molecule has 6 nitrogen and oxygen atoms in total. The number of aryl methyl sites for hydroxylation is 1. The van der Waals surface area contributed by atoms with Crippen LogP contribution in [-0.4, -0.2) is 40.3 Å². The first-order valence-corrected chi connectivity index (χ1v) is 11.2. The normalized spacial score (nSPS) is 25.5. The van der Waals surface area contributed by atoms with Gasteiger partial charge in [0.15, 0.2) is 23.4 Å². The number of alkyl halides is 4. The Morgan fingerprint density at radius 2 is 2.03 bits per heavy atom. The molecule has 0 unspecified atom stereocenters. The number of nitrogens with one attached hydrogen (secondary N) is 1. The number of anilines is 1. The Bertz CT molecular complexity index is 1220. The van der Waals surface area contributed by atoms with Crippen LogP contribution >= 0.6 is 11.8 Å². The smallest absolute Gasteiger partial charge is 0.422 e. The van der Waals surface area contributed by atoms with E-state index in [1.807, 2.05) is 0 Å². The minimum absolute atomic E-state index is 0.0563. The largest absolute Gasteiger partial charge is 0.482 e. The minimum atomic E-state index is -4.54. The van der Waals surface area contributed by atoms with E-state index in [0.717, 1.165) is 24.0 Å². The molecule has 35 heavy (non-hydrogen) atoms. The van der Waals surface area contributed by atoms with Gasteiger partial charge in [-0.15, -0.1) is 0 Å². The van der Waals surface area contributed by atoms with Crippen molar-refractivity contribution in [3.05, 3.63) is 52.9 Å². The molecule has 0 radical (unpaired) electrons. The number of nitrogens with two attached hydrogens (primary N) is 1. The van der Waals surface area contributed by atoms with Gasteiger partial charge < -0.3 is 15.8 Å². The van der Waals surface area contributed by atoms with Gasteiger partial charge in [0.1, 0.15) is 18.1 Å². The van der Waals surface area contributed by atoms with Crippen molar-refractivity contribution in [1.29, 1.82) is 0 Å². The molecule has 2 aromatic rings. The number of fused-ring (bicyclic) bond motifs is 1. The van der Waals surface area contributed by atoms with Gasteiger partial charge in [0.05, 0.1) is 16.5 Å². The molecule has 13 heteroatoms. The molecule has 1 saturated carbocycles.